The molecule has 0 aromatic heterocycles. The van der Waals surface area contributed by atoms with Crippen molar-refractivity contribution in [2.24, 2.45) is 11.3 Å². The molecule has 0 N–H and O–H groups in total. The van der Waals surface area contributed by atoms with E-state index in [1.165, 1.54) is 62.5 Å². The van der Waals surface area contributed by atoms with Crippen LogP contribution >= 0.6 is 0 Å². The molecule has 0 heterocycles. The van der Waals surface area contributed by atoms with E-state index in [0.717, 1.165) is 0 Å². The van der Waals surface area contributed by atoms with Crippen molar-refractivity contribution in [2.75, 3.05) is 0 Å². The van der Waals surface area contributed by atoms with Crippen molar-refractivity contribution in [1.82, 2.24) is 0 Å². The molecule has 4 aromatic carbocycles. The largest absolute Gasteiger partial charge is 0.126 e. The maximum Gasteiger partial charge on any atom is -0.0771 e. The van der Waals surface area contributed by atoms with Crippen molar-refractivity contribution < 1.29 is 49.0 Å². The van der Waals surface area contributed by atoms with Crippen LogP contribution in [0.2, 0.25) is 0 Å². The second kappa shape index (κ2) is 14.0. The Hall–Kier alpha value is -1.66. The fraction of sp³-hybridized carbons (Fsp3) is 0.226. The average molecular weight is 567 g/mol. The third-order valence-corrected chi connectivity index (χ3v) is 6.38. The minimum absolute atomic E-state index is 0. The van der Waals surface area contributed by atoms with Gasteiger partial charge in [-0.2, -0.15) is 11.6 Å². The van der Waals surface area contributed by atoms with Crippen molar-refractivity contribution in [3.63, 3.8) is 0 Å². The van der Waals surface area contributed by atoms with Gasteiger partial charge in [-0.25, -0.2) is 5.57 Å². The van der Waals surface area contributed by atoms with Gasteiger partial charge < -0.3 is 24.8 Å². The van der Waals surface area contributed by atoms with Crippen LogP contribution in [0.5, 0.6) is 0 Å². The normalized spacial score (nSPS) is 14.4. The second-order valence-electron chi connectivity index (χ2n) is 9.26. The van der Waals surface area contributed by atoms with Crippen molar-refractivity contribution in [2.45, 2.75) is 34.6 Å². The van der Waals surface area contributed by atoms with E-state index < -0.39 is 0 Å². The van der Waals surface area contributed by atoms with E-state index in [2.05, 4.69) is 129 Å². The average Bonchev–Trinajstić information content (AvgIpc) is 3.34. The quantitative estimate of drug-likeness (QED) is 0.311. The van der Waals surface area contributed by atoms with E-state index in [1.807, 2.05) is 6.07 Å². The summed E-state index contributed by atoms with van der Waals surface area (Å²) in [5.41, 5.74) is 4.42. The van der Waals surface area contributed by atoms with E-state index >= 15 is 0 Å². The van der Waals surface area contributed by atoms with Crippen LogP contribution in [0.3, 0.4) is 0 Å². The van der Waals surface area contributed by atoms with Gasteiger partial charge in [0.15, 0.2) is 0 Å². The molecule has 3 heteroatoms. The van der Waals surface area contributed by atoms with Gasteiger partial charge in [0, 0.05) is 0 Å². The first-order valence-corrected chi connectivity index (χ1v) is 12.6. The molecule has 4 aromatic rings. The summed E-state index contributed by atoms with van der Waals surface area (Å²) in [7, 11) is 0. The van der Waals surface area contributed by atoms with Gasteiger partial charge in [-0.05, 0) is 0 Å². The van der Waals surface area contributed by atoms with Crippen LogP contribution in [-0.2, 0) is 24.2 Å². The molecular weight excluding hydrogens is 534 g/mol. The smallest absolute Gasteiger partial charge is 0.0771 e. The van der Waals surface area contributed by atoms with Gasteiger partial charge in [-0.15, -0.1) is 39.7 Å². The van der Waals surface area contributed by atoms with Gasteiger partial charge in [0.1, 0.15) is 0 Å². The molecule has 0 saturated heterocycles. The number of benzene rings is 3. The van der Waals surface area contributed by atoms with Crippen molar-refractivity contribution in [3.05, 3.63) is 114 Å². The fourth-order valence-electron chi connectivity index (χ4n) is 4.10. The topological polar surface area (TPSA) is 0 Å². The van der Waals surface area contributed by atoms with Crippen LogP contribution in [0.25, 0.3) is 21.5 Å². The first-order valence-electron chi connectivity index (χ1n) is 11.2. The van der Waals surface area contributed by atoms with Crippen molar-refractivity contribution in [1.29, 1.82) is 0 Å². The Morgan fingerprint density at radius 1 is 0.794 bits per heavy atom. The number of allylic oxidation sites excluding steroid dienone is 4. The molecule has 0 radical (unpaired) electrons. The maximum absolute atomic E-state index is 3.40. The summed E-state index contributed by atoms with van der Waals surface area (Å²) in [4.78, 5) is 0. The molecule has 0 fully saturated rings. The van der Waals surface area contributed by atoms with E-state index in [1.54, 1.807) is 0 Å². The van der Waals surface area contributed by atoms with Crippen molar-refractivity contribution in [3.8, 4) is 0 Å². The molecule has 0 saturated carbocycles. The number of fused-ring (bicyclic) bond motifs is 3. The third-order valence-electron chi connectivity index (χ3n) is 5.56. The number of hydrogen-bond donors (Lipinski definition) is 0. The van der Waals surface area contributed by atoms with Crippen LogP contribution in [0, 0.1) is 17.4 Å². The Kier molecular flexibility index (Phi) is 12.5. The molecule has 1 aliphatic rings. The fourth-order valence-corrected chi connectivity index (χ4v) is 4.57. The molecule has 0 nitrogen and oxygen atoms in total. The molecular formula is C31H32Cl2Zr-2. The maximum atomic E-state index is 3.40. The van der Waals surface area contributed by atoms with Gasteiger partial charge in [0.05, 0.1) is 0 Å². The Morgan fingerprint density at radius 3 is 1.62 bits per heavy atom. The summed E-state index contributed by atoms with van der Waals surface area (Å²) in [6.07, 6.45) is 5.71. The predicted octanol–water partition coefficient (Wildman–Crippen LogP) is 2.46. The van der Waals surface area contributed by atoms with E-state index in [4.69, 9.17) is 0 Å². The van der Waals surface area contributed by atoms with Gasteiger partial charge in [0.2, 0.25) is 0 Å². The molecule has 0 bridgehead atoms. The first kappa shape index (κ1) is 30.4. The van der Waals surface area contributed by atoms with Crippen LogP contribution in [-0.4, -0.2) is 3.71 Å². The zero-order chi connectivity index (χ0) is 23.1. The molecule has 34 heavy (non-hydrogen) atoms. The predicted molar refractivity (Wildman–Crippen MR) is 138 cm³/mol. The Labute approximate surface area is 232 Å². The summed E-state index contributed by atoms with van der Waals surface area (Å²) in [6, 6.07) is 29.6. The number of halogens is 2. The van der Waals surface area contributed by atoms with Gasteiger partial charge in [0.25, 0.3) is 0 Å². The van der Waals surface area contributed by atoms with Crippen LogP contribution < -0.4 is 24.8 Å². The molecule has 176 valence electrons. The zero-order valence-electron chi connectivity index (χ0n) is 20.6. The van der Waals surface area contributed by atoms with Crippen LogP contribution in [0.1, 0.15) is 40.2 Å². The van der Waals surface area contributed by atoms with Crippen LogP contribution in [0.4, 0.5) is 0 Å². The summed E-state index contributed by atoms with van der Waals surface area (Å²) >= 11 is 1.46. The molecule has 1 aliphatic carbocycles. The Morgan fingerprint density at radius 2 is 1.26 bits per heavy atom. The first-order chi connectivity index (χ1) is 15.3. The second-order valence-corrected chi connectivity index (χ2v) is 9.97. The minimum atomic E-state index is 0. The molecule has 5 rings (SSSR count). The molecule has 1 unspecified atom stereocenters. The van der Waals surface area contributed by atoms with Crippen molar-refractivity contribution >= 4 is 25.3 Å². The summed E-state index contributed by atoms with van der Waals surface area (Å²) in [6.45, 7) is 11.1. The monoisotopic (exact) mass is 564 g/mol. The Bertz CT molecular complexity index is 1190. The number of rotatable bonds is 1. The molecule has 0 aliphatic heterocycles. The van der Waals surface area contributed by atoms with Gasteiger partial charge >= 0.3 is 63.8 Å². The van der Waals surface area contributed by atoms with E-state index in [9.17, 15) is 0 Å². The number of hydrogen-bond acceptors (Lipinski definition) is 0. The zero-order valence-corrected chi connectivity index (χ0v) is 24.5. The van der Waals surface area contributed by atoms with Crippen LogP contribution in [0.15, 0.2) is 102 Å². The summed E-state index contributed by atoms with van der Waals surface area (Å²) in [5, 5.41) is 5.39. The standard InChI is InChI=1S/C13H9.C11H17.C7H6.2ClH.Zr/c1-3-7-12-10(5-1)9-11-6-2-4-8-13(11)12;1-8-6-9(2)10(7-8)11(3,4)5;1-7-5-3-2-4-6-7;;;/h1-9H;7-8H,1-5H3;1-6H;2*1H;/q2*-1;;;;+2/p-2. The van der Waals surface area contributed by atoms with E-state index in [0.29, 0.717) is 11.3 Å². The SMILES string of the molecule is CC1=[C-]C(C)C=C1C(C)(C)C.[Cl-].[Cl-].[Zr+2]=[CH]c1ccccc1.c1ccc2c(c1)[cH-]c1ccccc12. The minimum Gasteiger partial charge on any atom is -0.126 e. The van der Waals surface area contributed by atoms with Gasteiger partial charge in [-0.3, -0.25) is 6.08 Å². The molecule has 1 atom stereocenters. The summed E-state index contributed by atoms with van der Waals surface area (Å²) < 4.78 is 2.17. The summed E-state index contributed by atoms with van der Waals surface area (Å²) in [5.74, 6) is 0.518. The molecule has 0 spiro atoms. The molecule has 0 amide bonds. The van der Waals surface area contributed by atoms with E-state index in [-0.39, 0.29) is 24.8 Å². The Balaban J connectivity index is 0.000000255. The third kappa shape index (κ3) is 8.23. The van der Waals surface area contributed by atoms with Gasteiger partial charge in [-0.1, -0.05) is 82.3 Å².